The first-order chi connectivity index (χ1) is 11.9. The monoisotopic (exact) mass is 348 g/mol. The molecule has 0 aromatic heterocycles. The fourth-order valence-corrected chi connectivity index (χ4v) is 3.35. The van der Waals surface area contributed by atoms with Crippen molar-refractivity contribution in [3.05, 3.63) is 35.9 Å². The molecule has 1 atom stereocenters. The molecule has 0 saturated heterocycles. The zero-order valence-corrected chi connectivity index (χ0v) is 15.5. The fourth-order valence-electron chi connectivity index (χ4n) is 3.35. The van der Waals surface area contributed by atoms with Crippen LogP contribution in [-0.4, -0.2) is 22.2 Å². The Morgan fingerprint density at radius 3 is 2.16 bits per heavy atom. The van der Waals surface area contributed by atoms with E-state index < -0.39 is 17.4 Å². The Hall–Kier alpha value is -1.84. The van der Waals surface area contributed by atoms with Crippen LogP contribution >= 0.6 is 0 Å². The highest BCUT2D eigenvalue weighted by atomic mass is 16.4. The van der Waals surface area contributed by atoms with Crippen LogP contribution in [-0.2, 0) is 16.0 Å². The van der Waals surface area contributed by atoms with Crippen LogP contribution in [0, 0.1) is 11.3 Å². The van der Waals surface area contributed by atoms with E-state index in [2.05, 4.69) is 13.8 Å². The summed E-state index contributed by atoms with van der Waals surface area (Å²) < 4.78 is 0. The summed E-state index contributed by atoms with van der Waals surface area (Å²) in [6.07, 6.45) is 6.10. The molecule has 0 spiro atoms. The van der Waals surface area contributed by atoms with Gasteiger partial charge in [0, 0.05) is 6.42 Å². The summed E-state index contributed by atoms with van der Waals surface area (Å²) in [7, 11) is 0. The van der Waals surface area contributed by atoms with E-state index in [0.29, 0.717) is 31.6 Å². The molecule has 0 saturated carbocycles. The maximum Gasteiger partial charge on any atom is 0.309 e. The molecular formula is C21H32O4. The lowest BCUT2D eigenvalue weighted by Crippen LogP contribution is -2.34. The van der Waals surface area contributed by atoms with Crippen molar-refractivity contribution in [2.45, 2.75) is 71.6 Å². The number of aliphatic carboxylic acids is 2. The normalized spacial score (nSPS) is 13.6. The van der Waals surface area contributed by atoms with Gasteiger partial charge in [0.25, 0.3) is 0 Å². The van der Waals surface area contributed by atoms with Gasteiger partial charge in [0.1, 0.15) is 0 Å². The average molecular weight is 348 g/mol. The van der Waals surface area contributed by atoms with Crippen LogP contribution in [0.5, 0.6) is 0 Å². The van der Waals surface area contributed by atoms with Crippen molar-refractivity contribution < 1.29 is 19.8 Å². The van der Waals surface area contributed by atoms with E-state index in [1.54, 1.807) is 0 Å². The zero-order chi connectivity index (χ0) is 18.7. The van der Waals surface area contributed by atoms with Gasteiger partial charge in [0.15, 0.2) is 0 Å². The number of rotatable bonds is 13. The van der Waals surface area contributed by atoms with Crippen LogP contribution in [0.2, 0.25) is 0 Å². The molecule has 1 unspecified atom stereocenters. The number of carboxylic acid groups (broad SMARTS) is 2. The lowest BCUT2D eigenvalue weighted by molar-refractivity contribution is -0.150. The predicted molar refractivity (Wildman–Crippen MR) is 99.6 cm³/mol. The number of carboxylic acids is 2. The maximum atomic E-state index is 12.1. The van der Waals surface area contributed by atoms with E-state index in [1.165, 1.54) is 0 Å². The third-order valence-corrected chi connectivity index (χ3v) is 4.82. The molecule has 1 rings (SSSR count). The van der Waals surface area contributed by atoms with E-state index >= 15 is 0 Å². The third-order valence-electron chi connectivity index (χ3n) is 4.82. The molecule has 1 aromatic carbocycles. The van der Waals surface area contributed by atoms with E-state index in [4.69, 9.17) is 5.11 Å². The quantitative estimate of drug-likeness (QED) is 0.483. The summed E-state index contributed by atoms with van der Waals surface area (Å²) in [5.74, 6) is -0.995. The Labute approximate surface area is 151 Å². The number of unbranched alkanes of at least 4 members (excludes halogenated alkanes) is 2. The molecule has 0 aliphatic carbocycles. The third kappa shape index (κ3) is 8.19. The first-order valence-electron chi connectivity index (χ1n) is 9.35. The van der Waals surface area contributed by atoms with Gasteiger partial charge in [-0.3, -0.25) is 9.59 Å². The number of carbonyl (C=O) groups is 2. The van der Waals surface area contributed by atoms with Gasteiger partial charge >= 0.3 is 11.9 Å². The molecule has 0 aliphatic heterocycles. The molecule has 0 aliphatic rings. The highest BCUT2D eigenvalue weighted by Crippen LogP contribution is 2.36. The van der Waals surface area contributed by atoms with Gasteiger partial charge in [-0.05, 0) is 37.2 Å². The fraction of sp³-hybridized carbons (Fsp3) is 0.619. The highest BCUT2D eigenvalue weighted by molar-refractivity contribution is 5.75. The lowest BCUT2D eigenvalue weighted by Gasteiger charge is -2.30. The van der Waals surface area contributed by atoms with Crippen molar-refractivity contribution in [3.8, 4) is 0 Å². The summed E-state index contributed by atoms with van der Waals surface area (Å²) >= 11 is 0. The molecule has 0 bridgehead atoms. The van der Waals surface area contributed by atoms with Gasteiger partial charge in [-0.1, -0.05) is 69.9 Å². The molecule has 1 aromatic rings. The van der Waals surface area contributed by atoms with Gasteiger partial charge < -0.3 is 10.2 Å². The number of hydrogen-bond acceptors (Lipinski definition) is 2. The standard InChI is InChI=1S/C21H32O4/c1-17(2)10-5-4-8-14-21(20(24)25,15-9-13-19(22)23)16-18-11-6-3-7-12-18/h3,6-7,11-12,17H,4-5,8-10,13-16H2,1-2H3,(H,22,23)(H,24,25). The molecule has 140 valence electrons. The zero-order valence-electron chi connectivity index (χ0n) is 15.5. The summed E-state index contributed by atoms with van der Waals surface area (Å²) in [5.41, 5.74) is 0.136. The van der Waals surface area contributed by atoms with Gasteiger partial charge in [-0.2, -0.15) is 0 Å². The van der Waals surface area contributed by atoms with Crippen LogP contribution in [0.1, 0.15) is 70.8 Å². The highest BCUT2D eigenvalue weighted by Gasteiger charge is 2.37. The molecule has 4 nitrogen and oxygen atoms in total. The van der Waals surface area contributed by atoms with Crippen molar-refractivity contribution >= 4 is 11.9 Å². The summed E-state index contributed by atoms with van der Waals surface area (Å²) in [5, 5.41) is 18.8. The van der Waals surface area contributed by atoms with Crippen molar-refractivity contribution in [2.24, 2.45) is 11.3 Å². The van der Waals surface area contributed by atoms with E-state index in [9.17, 15) is 14.7 Å². The van der Waals surface area contributed by atoms with E-state index in [-0.39, 0.29) is 6.42 Å². The molecule has 0 fully saturated rings. The largest absolute Gasteiger partial charge is 0.481 e. The van der Waals surface area contributed by atoms with Gasteiger partial charge in [-0.15, -0.1) is 0 Å². The Morgan fingerprint density at radius 1 is 0.960 bits per heavy atom. The Bertz CT molecular complexity index is 524. The Kier molecular flexibility index (Phi) is 9.25. The van der Waals surface area contributed by atoms with Crippen molar-refractivity contribution in [1.29, 1.82) is 0 Å². The number of benzene rings is 1. The second-order valence-corrected chi connectivity index (χ2v) is 7.49. The molecule has 0 heterocycles. The minimum Gasteiger partial charge on any atom is -0.481 e. The minimum atomic E-state index is -0.866. The predicted octanol–water partition coefficient (Wildman–Crippen LogP) is 5.16. The first-order valence-corrected chi connectivity index (χ1v) is 9.35. The topological polar surface area (TPSA) is 74.6 Å². The van der Waals surface area contributed by atoms with Crippen molar-refractivity contribution in [2.75, 3.05) is 0 Å². The van der Waals surface area contributed by atoms with Crippen LogP contribution in [0.25, 0.3) is 0 Å². The summed E-state index contributed by atoms with van der Waals surface area (Å²) in [6, 6.07) is 9.66. The summed E-state index contributed by atoms with van der Waals surface area (Å²) in [4.78, 5) is 23.0. The second kappa shape index (κ2) is 10.9. The molecule has 2 N–H and O–H groups in total. The van der Waals surface area contributed by atoms with Crippen LogP contribution < -0.4 is 0 Å². The van der Waals surface area contributed by atoms with Crippen LogP contribution in [0.3, 0.4) is 0 Å². The van der Waals surface area contributed by atoms with Crippen molar-refractivity contribution in [1.82, 2.24) is 0 Å². The Morgan fingerprint density at radius 2 is 1.60 bits per heavy atom. The average Bonchev–Trinajstić information content (AvgIpc) is 2.54. The molecule has 0 radical (unpaired) electrons. The van der Waals surface area contributed by atoms with E-state index in [1.807, 2.05) is 30.3 Å². The minimum absolute atomic E-state index is 0.0250. The SMILES string of the molecule is CC(C)CCCCCC(CCCC(=O)O)(Cc1ccccc1)C(=O)O. The van der Waals surface area contributed by atoms with Gasteiger partial charge in [-0.25, -0.2) is 0 Å². The second-order valence-electron chi connectivity index (χ2n) is 7.49. The summed E-state index contributed by atoms with van der Waals surface area (Å²) in [6.45, 7) is 4.39. The molecule has 0 amide bonds. The van der Waals surface area contributed by atoms with Gasteiger partial charge in [0.05, 0.1) is 5.41 Å². The smallest absolute Gasteiger partial charge is 0.309 e. The Balaban J connectivity index is 2.77. The molecule has 4 heteroatoms. The first kappa shape index (κ1) is 21.2. The number of hydrogen-bond donors (Lipinski definition) is 2. The molecule has 25 heavy (non-hydrogen) atoms. The molecular weight excluding hydrogens is 316 g/mol. The van der Waals surface area contributed by atoms with E-state index in [0.717, 1.165) is 31.2 Å². The van der Waals surface area contributed by atoms with Crippen molar-refractivity contribution in [3.63, 3.8) is 0 Å². The maximum absolute atomic E-state index is 12.1. The lowest BCUT2D eigenvalue weighted by atomic mass is 9.73. The van der Waals surface area contributed by atoms with Crippen LogP contribution in [0.15, 0.2) is 30.3 Å². The van der Waals surface area contributed by atoms with Crippen LogP contribution in [0.4, 0.5) is 0 Å². The van der Waals surface area contributed by atoms with Gasteiger partial charge in [0.2, 0.25) is 0 Å².